The topological polar surface area (TPSA) is 41.1 Å². The van der Waals surface area contributed by atoms with Gasteiger partial charge < -0.3 is 10.6 Å². The van der Waals surface area contributed by atoms with E-state index < -0.39 is 0 Å². The number of rotatable bonds is 3. The lowest BCUT2D eigenvalue weighted by Gasteiger charge is -2.33. The van der Waals surface area contributed by atoms with Crippen LogP contribution in [0, 0.1) is 5.92 Å². The zero-order chi connectivity index (χ0) is 14.7. The van der Waals surface area contributed by atoms with Gasteiger partial charge in [0.25, 0.3) is 0 Å². The van der Waals surface area contributed by atoms with E-state index in [2.05, 4.69) is 41.8 Å². The first-order valence-electron chi connectivity index (χ1n) is 8.38. The summed E-state index contributed by atoms with van der Waals surface area (Å²) in [6.45, 7) is 3.04. The van der Waals surface area contributed by atoms with Crippen molar-refractivity contribution in [2.24, 2.45) is 5.92 Å². The van der Waals surface area contributed by atoms with Crippen LogP contribution in [-0.2, 0) is 17.8 Å². The van der Waals surface area contributed by atoms with Crippen molar-refractivity contribution in [3.05, 3.63) is 35.4 Å². The summed E-state index contributed by atoms with van der Waals surface area (Å²) in [7, 11) is 0. The van der Waals surface area contributed by atoms with E-state index in [1.54, 1.807) is 0 Å². The lowest BCUT2D eigenvalue weighted by molar-refractivity contribution is -0.124. The minimum atomic E-state index is -0.0701. The number of benzene rings is 1. The fraction of sp³-hybridized carbons (Fsp3) is 0.611. The van der Waals surface area contributed by atoms with Crippen LogP contribution in [0.4, 0.5) is 0 Å². The van der Waals surface area contributed by atoms with E-state index in [0.29, 0.717) is 12.0 Å². The Balaban J connectivity index is 1.61. The summed E-state index contributed by atoms with van der Waals surface area (Å²) in [5.74, 6) is 0.855. The summed E-state index contributed by atoms with van der Waals surface area (Å²) in [5, 5.41) is 6.70. The molecule has 3 atom stereocenters. The van der Waals surface area contributed by atoms with Gasteiger partial charge in [0, 0.05) is 12.6 Å². The number of hydrogen-bond acceptors (Lipinski definition) is 2. The first-order chi connectivity index (χ1) is 10.3. The molecule has 3 nitrogen and oxygen atoms in total. The molecule has 0 bridgehead atoms. The first kappa shape index (κ1) is 14.6. The number of amides is 1. The van der Waals surface area contributed by atoms with Crippen molar-refractivity contribution in [2.45, 2.75) is 64.1 Å². The van der Waals surface area contributed by atoms with E-state index in [-0.39, 0.29) is 11.9 Å². The Bertz CT molecular complexity index is 500. The molecule has 3 heteroatoms. The molecule has 1 saturated carbocycles. The van der Waals surface area contributed by atoms with E-state index >= 15 is 0 Å². The average molecular weight is 286 g/mol. The third-order valence-electron chi connectivity index (χ3n) is 5.16. The standard InChI is InChI=1S/C18H26N2O/c1-2-13-7-5-6-10-16(13)20-18(21)17-11-14-8-3-4-9-15(14)12-19-17/h3-4,8-9,13,16-17,19H,2,5-7,10-12H2,1H3,(H,20,21)/t13?,16?,17-/m0/s1. The molecule has 1 fully saturated rings. The van der Waals surface area contributed by atoms with Crippen molar-refractivity contribution >= 4 is 5.91 Å². The van der Waals surface area contributed by atoms with Crippen molar-refractivity contribution in [1.29, 1.82) is 0 Å². The average Bonchev–Trinajstić information content (AvgIpc) is 2.55. The molecule has 1 amide bonds. The molecule has 1 heterocycles. The molecule has 0 radical (unpaired) electrons. The van der Waals surface area contributed by atoms with Gasteiger partial charge in [-0.2, -0.15) is 0 Å². The number of hydrogen-bond donors (Lipinski definition) is 2. The lowest BCUT2D eigenvalue weighted by atomic mass is 9.82. The second-order valence-electron chi connectivity index (χ2n) is 6.47. The molecular formula is C18H26N2O. The highest BCUT2D eigenvalue weighted by molar-refractivity contribution is 5.82. The van der Waals surface area contributed by atoms with Gasteiger partial charge in [0.2, 0.25) is 5.91 Å². The Hall–Kier alpha value is -1.35. The van der Waals surface area contributed by atoms with E-state index in [1.807, 2.05) is 0 Å². The normalized spacial score (nSPS) is 28.7. The number of nitrogens with one attached hydrogen (secondary N) is 2. The fourth-order valence-corrected chi connectivity index (χ4v) is 3.81. The third kappa shape index (κ3) is 3.29. The highest BCUT2D eigenvalue weighted by Crippen LogP contribution is 2.27. The molecule has 0 aromatic heterocycles. The lowest BCUT2D eigenvalue weighted by Crippen LogP contribution is -2.52. The molecule has 21 heavy (non-hydrogen) atoms. The van der Waals surface area contributed by atoms with Gasteiger partial charge in [0.05, 0.1) is 6.04 Å². The maximum absolute atomic E-state index is 12.6. The molecule has 2 aliphatic rings. The van der Waals surface area contributed by atoms with Gasteiger partial charge in [-0.1, -0.05) is 50.5 Å². The fourth-order valence-electron chi connectivity index (χ4n) is 3.81. The smallest absolute Gasteiger partial charge is 0.237 e. The molecule has 2 unspecified atom stereocenters. The van der Waals surface area contributed by atoms with Crippen LogP contribution in [0.2, 0.25) is 0 Å². The molecular weight excluding hydrogens is 260 g/mol. The van der Waals surface area contributed by atoms with Gasteiger partial charge in [-0.15, -0.1) is 0 Å². The van der Waals surface area contributed by atoms with Gasteiger partial charge in [0.15, 0.2) is 0 Å². The summed E-state index contributed by atoms with van der Waals surface area (Å²) in [6.07, 6.45) is 6.97. The molecule has 2 N–H and O–H groups in total. The van der Waals surface area contributed by atoms with Gasteiger partial charge in [-0.25, -0.2) is 0 Å². The summed E-state index contributed by atoms with van der Waals surface area (Å²) >= 11 is 0. The molecule has 3 rings (SSSR count). The van der Waals surface area contributed by atoms with Crippen LogP contribution < -0.4 is 10.6 Å². The maximum atomic E-state index is 12.6. The number of fused-ring (bicyclic) bond motifs is 1. The second kappa shape index (κ2) is 6.61. The Kier molecular flexibility index (Phi) is 4.59. The molecule has 1 aromatic carbocycles. The predicted octanol–water partition coefficient (Wildman–Crippen LogP) is 2.79. The molecule has 114 valence electrons. The van der Waals surface area contributed by atoms with E-state index in [4.69, 9.17) is 0 Å². The SMILES string of the molecule is CCC1CCCCC1NC(=O)[C@@H]1Cc2ccccc2CN1. The molecule has 0 saturated heterocycles. The van der Waals surface area contributed by atoms with Gasteiger partial charge >= 0.3 is 0 Å². The van der Waals surface area contributed by atoms with Crippen LogP contribution >= 0.6 is 0 Å². The van der Waals surface area contributed by atoms with E-state index in [0.717, 1.165) is 19.4 Å². The first-order valence-corrected chi connectivity index (χ1v) is 8.38. The Morgan fingerprint density at radius 1 is 1.24 bits per heavy atom. The van der Waals surface area contributed by atoms with Gasteiger partial charge in [-0.05, 0) is 36.3 Å². The quantitative estimate of drug-likeness (QED) is 0.897. The largest absolute Gasteiger partial charge is 0.352 e. The summed E-state index contributed by atoms with van der Waals surface area (Å²) in [5.41, 5.74) is 2.64. The third-order valence-corrected chi connectivity index (χ3v) is 5.16. The van der Waals surface area contributed by atoms with Crippen molar-refractivity contribution in [3.63, 3.8) is 0 Å². The van der Waals surface area contributed by atoms with Crippen molar-refractivity contribution in [3.8, 4) is 0 Å². The van der Waals surface area contributed by atoms with Crippen LogP contribution in [0.1, 0.15) is 50.2 Å². The Morgan fingerprint density at radius 2 is 2.00 bits per heavy atom. The highest BCUT2D eigenvalue weighted by atomic mass is 16.2. The highest BCUT2D eigenvalue weighted by Gasteiger charge is 2.29. The van der Waals surface area contributed by atoms with Crippen LogP contribution in [0.5, 0.6) is 0 Å². The van der Waals surface area contributed by atoms with Crippen LogP contribution in [0.15, 0.2) is 24.3 Å². The maximum Gasteiger partial charge on any atom is 0.237 e. The Labute approximate surface area is 127 Å². The van der Waals surface area contributed by atoms with E-state index in [1.165, 1.54) is 36.8 Å². The minimum absolute atomic E-state index is 0.0701. The molecule has 0 spiro atoms. The predicted molar refractivity (Wildman–Crippen MR) is 85.0 cm³/mol. The van der Waals surface area contributed by atoms with Crippen molar-refractivity contribution < 1.29 is 4.79 Å². The molecule has 1 aliphatic heterocycles. The monoisotopic (exact) mass is 286 g/mol. The zero-order valence-corrected chi connectivity index (χ0v) is 12.9. The van der Waals surface area contributed by atoms with Crippen molar-refractivity contribution in [1.82, 2.24) is 10.6 Å². The van der Waals surface area contributed by atoms with Crippen molar-refractivity contribution in [2.75, 3.05) is 0 Å². The molecule has 1 aromatic rings. The summed E-state index contributed by atoms with van der Waals surface area (Å²) in [6, 6.07) is 8.73. The van der Waals surface area contributed by atoms with Gasteiger partial charge in [0.1, 0.15) is 0 Å². The second-order valence-corrected chi connectivity index (χ2v) is 6.47. The summed E-state index contributed by atoms with van der Waals surface area (Å²) in [4.78, 5) is 12.6. The molecule has 1 aliphatic carbocycles. The minimum Gasteiger partial charge on any atom is -0.352 e. The van der Waals surface area contributed by atoms with Crippen LogP contribution in [-0.4, -0.2) is 18.0 Å². The van der Waals surface area contributed by atoms with E-state index in [9.17, 15) is 4.79 Å². The zero-order valence-electron chi connectivity index (χ0n) is 12.9. The Morgan fingerprint density at radius 3 is 2.81 bits per heavy atom. The van der Waals surface area contributed by atoms with Crippen LogP contribution in [0.25, 0.3) is 0 Å². The number of carbonyl (C=O) groups is 1. The summed E-state index contributed by atoms with van der Waals surface area (Å²) < 4.78 is 0. The van der Waals surface area contributed by atoms with Crippen LogP contribution in [0.3, 0.4) is 0 Å². The number of carbonyl (C=O) groups excluding carboxylic acids is 1. The van der Waals surface area contributed by atoms with Gasteiger partial charge in [-0.3, -0.25) is 4.79 Å².